The van der Waals surface area contributed by atoms with Gasteiger partial charge in [0.2, 0.25) is 0 Å². The van der Waals surface area contributed by atoms with Crippen LogP contribution in [0.2, 0.25) is 0 Å². The number of anilines is 2. The number of hydrogen-bond acceptors (Lipinski definition) is 5. The smallest absolute Gasteiger partial charge is 0.339 e. The molecule has 1 N–H and O–H groups in total. The first-order valence-corrected chi connectivity index (χ1v) is 8.38. The van der Waals surface area contributed by atoms with Gasteiger partial charge in [0, 0.05) is 30.5 Å². The second-order valence-corrected chi connectivity index (χ2v) is 5.97. The maximum Gasteiger partial charge on any atom is 0.339 e. The number of amides is 1. The third-order valence-electron chi connectivity index (χ3n) is 4.28. The molecule has 0 aliphatic carbocycles. The minimum absolute atomic E-state index is 0.233. The Kier molecular flexibility index (Phi) is 5.28. The summed E-state index contributed by atoms with van der Waals surface area (Å²) >= 11 is 0. The summed E-state index contributed by atoms with van der Waals surface area (Å²) in [6.45, 7) is 2.14. The number of aromatic nitrogens is 1. The molecule has 1 aliphatic heterocycles. The second kappa shape index (κ2) is 7.79. The van der Waals surface area contributed by atoms with Gasteiger partial charge in [0.15, 0.2) is 0 Å². The number of ether oxygens (including phenoxy) is 1. The summed E-state index contributed by atoms with van der Waals surface area (Å²) in [6, 6.07) is 10.7. The minimum Gasteiger partial charge on any atom is -0.465 e. The van der Waals surface area contributed by atoms with Gasteiger partial charge in [0.05, 0.1) is 12.7 Å². The van der Waals surface area contributed by atoms with Gasteiger partial charge in [0.1, 0.15) is 5.82 Å². The first kappa shape index (κ1) is 17.0. The number of pyridine rings is 1. The van der Waals surface area contributed by atoms with Crippen molar-refractivity contribution in [3.63, 3.8) is 0 Å². The largest absolute Gasteiger partial charge is 0.465 e. The van der Waals surface area contributed by atoms with Crippen LogP contribution >= 0.6 is 0 Å². The van der Waals surface area contributed by atoms with Crippen molar-refractivity contribution in [1.82, 2.24) is 4.98 Å². The van der Waals surface area contributed by atoms with Crippen molar-refractivity contribution in [2.75, 3.05) is 30.4 Å². The van der Waals surface area contributed by atoms with Crippen LogP contribution < -0.4 is 10.2 Å². The molecule has 1 aromatic heterocycles. The zero-order valence-electron chi connectivity index (χ0n) is 14.2. The molecule has 0 spiro atoms. The van der Waals surface area contributed by atoms with Gasteiger partial charge in [-0.1, -0.05) is 0 Å². The fourth-order valence-electron chi connectivity index (χ4n) is 2.87. The topological polar surface area (TPSA) is 71.5 Å². The summed E-state index contributed by atoms with van der Waals surface area (Å²) in [6.07, 6.45) is 5.10. The molecule has 0 radical (unpaired) electrons. The lowest BCUT2D eigenvalue weighted by Gasteiger charge is -2.28. The lowest BCUT2D eigenvalue weighted by atomic mass is 10.1. The number of rotatable bonds is 4. The average molecular weight is 339 g/mol. The Labute approximate surface area is 146 Å². The number of benzene rings is 1. The SMILES string of the molecule is COC(=O)c1ccc(NC(=O)c2ccc(N3CCCCC3)cc2)nc1. The Balaban J connectivity index is 1.63. The molecule has 0 unspecified atom stereocenters. The van der Waals surface area contributed by atoms with Crippen molar-refractivity contribution in [3.05, 3.63) is 53.7 Å². The Morgan fingerprint density at radius 3 is 2.28 bits per heavy atom. The quantitative estimate of drug-likeness (QED) is 0.867. The van der Waals surface area contributed by atoms with Crippen molar-refractivity contribution < 1.29 is 14.3 Å². The molecule has 1 amide bonds. The predicted molar refractivity (Wildman–Crippen MR) is 96.0 cm³/mol. The Morgan fingerprint density at radius 2 is 1.68 bits per heavy atom. The molecule has 3 rings (SSSR count). The third kappa shape index (κ3) is 4.15. The molecular formula is C19H21N3O3. The average Bonchev–Trinajstić information content (AvgIpc) is 2.68. The van der Waals surface area contributed by atoms with Crippen molar-refractivity contribution in [1.29, 1.82) is 0 Å². The molecule has 0 bridgehead atoms. The van der Waals surface area contributed by atoms with E-state index in [2.05, 4.69) is 19.9 Å². The monoisotopic (exact) mass is 339 g/mol. The van der Waals surface area contributed by atoms with Crippen LogP contribution in [0.15, 0.2) is 42.6 Å². The van der Waals surface area contributed by atoms with E-state index in [9.17, 15) is 9.59 Å². The molecule has 6 heteroatoms. The van der Waals surface area contributed by atoms with E-state index >= 15 is 0 Å². The van der Waals surface area contributed by atoms with E-state index < -0.39 is 5.97 Å². The van der Waals surface area contributed by atoms with Crippen LogP contribution in [0.4, 0.5) is 11.5 Å². The molecule has 1 saturated heterocycles. The minimum atomic E-state index is -0.460. The summed E-state index contributed by atoms with van der Waals surface area (Å²) in [7, 11) is 1.31. The van der Waals surface area contributed by atoms with Gasteiger partial charge >= 0.3 is 5.97 Å². The number of hydrogen-bond donors (Lipinski definition) is 1. The molecule has 2 aromatic rings. The van der Waals surface area contributed by atoms with Crippen LogP contribution in [0.5, 0.6) is 0 Å². The number of methoxy groups -OCH3 is 1. The second-order valence-electron chi connectivity index (χ2n) is 5.97. The maximum atomic E-state index is 12.3. The van der Waals surface area contributed by atoms with Crippen molar-refractivity contribution in [2.24, 2.45) is 0 Å². The number of carbonyl (C=O) groups is 2. The lowest BCUT2D eigenvalue weighted by molar-refractivity contribution is 0.0600. The highest BCUT2D eigenvalue weighted by molar-refractivity contribution is 6.04. The van der Waals surface area contributed by atoms with Crippen LogP contribution in [0.1, 0.15) is 40.0 Å². The molecule has 0 saturated carbocycles. The molecule has 25 heavy (non-hydrogen) atoms. The van der Waals surface area contributed by atoms with Gasteiger partial charge in [-0.2, -0.15) is 0 Å². The standard InChI is InChI=1S/C19H21N3O3/c1-25-19(24)15-7-10-17(20-13-15)21-18(23)14-5-8-16(9-6-14)22-11-3-2-4-12-22/h5-10,13H,2-4,11-12H2,1H3,(H,20,21,23). The van der Waals surface area contributed by atoms with E-state index in [4.69, 9.17) is 0 Å². The van der Waals surface area contributed by atoms with Gasteiger partial charge in [-0.15, -0.1) is 0 Å². The Hall–Kier alpha value is -2.89. The Morgan fingerprint density at radius 1 is 1.00 bits per heavy atom. The summed E-state index contributed by atoms with van der Waals surface area (Å²) in [5.41, 5.74) is 2.06. The first-order valence-electron chi connectivity index (χ1n) is 8.38. The predicted octanol–water partition coefficient (Wildman–Crippen LogP) is 3.11. The number of piperidine rings is 1. The number of esters is 1. The van der Waals surface area contributed by atoms with E-state index in [1.165, 1.54) is 32.6 Å². The molecular weight excluding hydrogens is 318 g/mol. The van der Waals surface area contributed by atoms with E-state index in [-0.39, 0.29) is 5.91 Å². The lowest BCUT2D eigenvalue weighted by Crippen LogP contribution is -2.29. The fourth-order valence-corrected chi connectivity index (χ4v) is 2.87. The van der Waals surface area contributed by atoms with Gasteiger partial charge in [0.25, 0.3) is 5.91 Å². The van der Waals surface area contributed by atoms with Crippen LogP contribution in [0.25, 0.3) is 0 Å². The maximum absolute atomic E-state index is 12.3. The normalized spacial score (nSPS) is 14.0. The van der Waals surface area contributed by atoms with Crippen LogP contribution in [-0.2, 0) is 4.74 Å². The van der Waals surface area contributed by atoms with Crippen LogP contribution in [0, 0.1) is 0 Å². The number of nitrogens with zero attached hydrogens (tertiary/aromatic N) is 2. The number of carbonyl (C=O) groups excluding carboxylic acids is 2. The van der Waals surface area contributed by atoms with Crippen molar-refractivity contribution in [3.8, 4) is 0 Å². The molecule has 1 aliphatic rings. The highest BCUT2D eigenvalue weighted by Crippen LogP contribution is 2.20. The van der Waals surface area contributed by atoms with Crippen LogP contribution in [0.3, 0.4) is 0 Å². The van der Waals surface area contributed by atoms with Crippen LogP contribution in [-0.4, -0.2) is 37.1 Å². The zero-order valence-corrected chi connectivity index (χ0v) is 14.2. The van der Waals surface area contributed by atoms with Crippen molar-refractivity contribution >= 4 is 23.4 Å². The molecule has 6 nitrogen and oxygen atoms in total. The summed E-state index contributed by atoms with van der Waals surface area (Å²) in [4.78, 5) is 30.1. The third-order valence-corrected chi connectivity index (χ3v) is 4.28. The van der Waals surface area contributed by atoms with E-state index in [0.29, 0.717) is 16.9 Å². The van der Waals surface area contributed by atoms with Gasteiger partial charge < -0.3 is 15.0 Å². The van der Waals surface area contributed by atoms with E-state index in [1.54, 1.807) is 12.1 Å². The fraction of sp³-hybridized carbons (Fsp3) is 0.316. The highest BCUT2D eigenvalue weighted by Gasteiger charge is 2.13. The number of nitrogens with one attached hydrogen (secondary N) is 1. The highest BCUT2D eigenvalue weighted by atomic mass is 16.5. The molecule has 1 fully saturated rings. The molecule has 1 aromatic carbocycles. The zero-order chi connectivity index (χ0) is 17.6. The van der Waals surface area contributed by atoms with Gasteiger partial charge in [-0.25, -0.2) is 9.78 Å². The van der Waals surface area contributed by atoms with Gasteiger partial charge in [-0.05, 0) is 55.7 Å². The summed E-state index contributed by atoms with van der Waals surface area (Å²) < 4.78 is 4.62. The Bertz CT molecular complexity index is 736. The van der Waals surface area contributed by atoms with E-state index in [0.717, 1.165) is 18.8 Å². The van der Waals surface area contributed by atoms with Gasteiger partial charge in [-0.3, -0.25) is 4.79 Å². The van der Waals surface area contributed by atoms with Crippen molar-refractivity contribution in [2.45, 2.75) is 19.3 Å². The van der Waals surface area contributed by atoms with E-state index in [1.807, 2.05) is 24.3 Å². The molecule has 130 valence electrons. The molecule has 0 atom stereocenters. The summed E-state index contributed by atoms with van der Waals surface area (Å²) in [5.74, 6) is -0.306. The summed E-state index contributed by atoms with van der Waals surface area (Å²) in [5, 5.41) is 2.73. The molecule has 2 heterocycles. The first-order chi connectivity index (χ1) is 12.2.